The average molecular weight is 461 g/mol. The van der Waals surface area contributed by atoms with Crippen LogP contribution in [0.2, 0.25) is 0 Å². The van der Waals surface area contributed by atoms with Gasteiger partial charge in [0.05, 0.1) is 11.4 Å². The summed E-state index contributed by atoms with van der Waals surface area (Å²) in [7, 11) is 1.75. The van der Waals surface area contributed by atoms with Crippen molar-refractivity contribution in [1.29, 1.82) is 0 Å². The van der Waals surface area contributed by atoms with Gasteiger partial charge in [-0.05, 0) is 58.8 Å². The molecule has 7 heteroatoms. The van der Waals surface area contributed by atoms with E-state index in [9.17, 15) is 18.8 Å². The first-order valence-electron chi connectivity index (χ1n) is 10.3. The highest BCUT2D eigenvalue weighted by atomic mass is 32.2. The van der Waals surface area contributed by atoms with Crippen LogP contribution in [0.1, 0.15) is 27.0 Å². The van der Waals surface area contributed by atoms with Gasteiger partial charge in [-0.2, -0.15) is 0 Å². The van der Waals surface area contributed by atoms with Crippen LogP contribution in [0.15, 0.2) is 83.8 Å². The molecule has 4 rings (SSSR count). The number of benzene rings is 3. The topological polar surface area (TPSA) is 57.7 Å². The summed E-state index contributed by atoms with van der Waals surface area (Å²) >= 11 is 0.846. The molecule has 0 radical (unpaired) electrons. The zero-order chi connectivity index (χ0) is 23.4. The zero-order valence-electron chi connectivity index (χ0n) is 17.9. The van der Waals surface area contributed by atoms with Crippen LogP contribution < -0.4 is 0 Å². The molecule has 1 aliphatic rings. The number of carbonyl (C=O) groups excluding carboxylic acids is 3. The monoisotopic (exact) mass is 460 g/mol. The third kappa shape index (κ3) is 5.38. The lowest BCUT2D eigenvalue weighted by Gasteiger charge is -2.17. The minimum atomic E-state index is -0.419. The third-order valence-corrected chi connectivity index (χ3v) is 6.08. The predicted octanol–water partition coefficient (Wildman–Crippen LogP) is 5.33. The zero-order valence-corrected chi connectivity index (χ0v) is 18.7. The van der Waals surface area contributed by atoms with Gasteiger partial charge in [-0.1, -0.05) is 54.6 Å². The van der Waals surface area contributed by atoms with E-state index >= 15 is 0 Å². The molecule has 166 valence electrons. The van der Waals surface area contributed by atoms with Crippen molar-refractivity contribution in [3.05, 3.63) is 112 Å². The minimum Gasteiger partial charge on any atom is -0.337 e. The van der Waals surface area contributed by atoms with Gasteiger partial charge in [0.2, 0.25) is 0 Å². The standard InChI is InChI=1S/C26H21FN2O3S/c1-28(16-19-6-3-2-4-7-19)24(30)21-12-10-18(11-13-21)15-23-25(31)29(26(32)33-23)17-20-8-5-9-22(27)14-20/h2-15H,16-17H2,1H3/b23-15-. The Bertz CT molecular complexity index is 1230. The van der Waals surface area contributed by atoms with Gasteiger partial charge < -0.3 is 4.90 Å². The second-order valence-corrected chi connectivity index (χ2v) is 8.66. The SMILES string of the molecule is CN(Cc1ccccc1)C(=O)c1ccc(/C=C2\SC(=O)N(Cc3cccc(F)c3)C2=O)cc1. The minimum absolute atomic E-state index is 0.0148. The predicted molar refractivity (Wildman–Crippen MR) is 127 cm³/mol. The quantitative estimate of drug-likeness (QED) is 0.467. The number of thioether (sulfide) groups is 1. The summed E-state index contributed by atoms with van der Waals surface area (Å²) in [5.41, 5.74) is 2.82. The first-order chi connectivity index (χ1) is 15.9. The fraction of sp³-hybridized carbons (Fsp3) is 0.115. The van der Waals surface area contributed by atoms with Crippen LogP contribution in [0.4, 0.5) is 9.18 Å². The Balaban J connectivity index is 1.43. The van der Waals surface area contributed by atoms with E-state index < -0.39 is 17.0 Å². The Morgan fingerprint density at radius 1 is 0.970 bits per heavy atom. The largest absolute Gasteiger partial charge is 0.337 e. The van der Waals surface area contributed by atoms with Crippen LogP contribution in [0, 0.1) is 5.82 Å². The molecular weight excluding hydrogens is 439 g/mol. The maximum atomic E-state index is 13.4. The van der Waals surface area contributed by atoms with Crippen molar-refractivity contribution < 1.29 is 18.8 Å². The van der Waals surface area contributed by atoms with Crippen molar-refractivity contribution in [3.8, 4) is 0 Å². The lowest BCUT2D eigenvalue weighted by atomic mass is 10.1. The number of nitrogens with zero attached hydrogens (tertiary/aromatic N) is 2. The number of imide groups is 1. The molecule has 0 N–H and O–H groups in total. The van der Waals surface area contributed by atoms with E-state index in [1.54, 1.807) is 54.4 Å². The maximum Gasteiger partial charge on any atom is 0.293 e. The molecule has 0 aliphatic carbocycles. The highest BCUT2D eigenvalue weighted by molar-refractivity contribution is 8.18. The third-order valence-electron chi connectivity index (χ3n) is 5.17. The van der Waals surface area contributed by atoms with E-state index in [1.165, 1.54) is 12.1 Å². The summed E-state index contributed by atoms with van der Waals surface area (Å²) in [6, 6.07) is 22.4. The first kappa shape index (κ1) is 22.5. The Labute approximate surface area is 195 Å². The van der Waals surface area contributed by atoms with Gasteiger partial charge in [0.1, 0.15) is 5.82 Å². The smallest absolute Gasteiger partial charge is 0.293 e. The average Bonchev–Trinajstić information content (AvgIpc) is 3.07. The van der Waals surface area contributed by atoms with Crippen LogP contribution >= 0.6 is 11.8 Å². The summed E-state index contributed by atoms with van der Waals surface area (Å²) in [4.78, 5) is 40.8. The van der Waals surface area contributed by atoms with E-state index in [4.69, 9.17) is 0 Å². The van der Waals surface area contributed by atoms with Gasteiger partial charge in [-0.3, -0.25) is 19.3 Å². The summed E-state index contributed by atoms with van der Waals surface area (Å²) < 4.78 is 13.4. The molecule has 0 aromatic heterocycles. The number of amides is 3. The van der Waals surface area contributed by atoms with Crippen molar-refractivity contribution in [3.63, 3.8) is 0 Å². The Morgan fingerprint density at radius 2 is 1.67 bits per heavy atom. The number of halogens is 1. The second kappa shape index (κ2) is 9.83. The van der Waals surface area contributed by atoms with E-state index in [0.717, 1.165) is 22.2 Å². The molecule has 1 aliphatic heterocycles. The molecule has 1 heterocycles. The van der Waals surface area contributed by atoms with Gasteiger partial charge >= 0.3 is 0 Å². The van der Waals surface area contributed by atoms with Crippen LogP contribution in [0.3, 0.4) is 0 Å². The van der Waals surface area contributed by atoms with Crippen molar-refractivity contribution in [1.82, 2.24) is 9.80 Å². The Kier molecular flexibility index (Phi) is 6.70. The molecule has 0 atom stereocenters. The van der Waals surface area contributed by atoms with Crippen molar-refractivity contribution in [2.24, 2.45) is 0 Å². The second-order valence-electron chi connectivity index (χ2n) is 7.67. The fourth-order valence-electron chi connectivity index (χ4n) is 3.48. The normalized spacial score (nSPS) is 14.7. The van der Waals surface area contributed by atoms with Crippen molar-refractivity contribution in [2.45, 2.75) is 13.1 Å². The molecule has 3 amide bonds. The van der Waals surface area contributed by atoms with Gasteiger partial charge in [-0.25, -0.2) is 4.39 Å². The Hall–Kier alpha value is -3.71. The number of carbonyl (C=O) groups is 3. The van der Waals surface area contributed by atoms with Crippen LogP contribution in [-0.2, 0) is 17.9 Å². The van der Waals surface area contributed by atoms with Crippen LogP contribution in [0.25, 0.3) is 6.08 Å². The van der Waals surface area contributed by atoms with Gasteiger partial charge in [0.25, 0.3) is 17.1 Å². The summed E-state index contributed by atoms with van der Waals surface area (Å²) in [6.45, 7) is 0.515. The highest BCUT2D eigenvalue weighted by Gasteiger charge is 2.35. The van der Waals surface area contributed by atoms with E-state index in [0.29, 0.717) is 23.2 Å². The van der Waals surface area contributed by atoms with Crippen molar-refractivity contribution in [2.75, 3.05) is 7.05 Å². The summed E-state index contributed by atoms with van der Waals surface area (Å²) in [5.74, 6) is -0.947. The maximum absolute atomic E-state index is 13.4. The molecular formula is C26H21FN2O3S. The molecule has 3 aromatic carbocycles. The molecule has 0 bridgehead atoms. The molecule has 3 aromatic rings. The summed E-state index contributed by atoms with van der Waals surface area (Å²) in [6.07, 6.45) is 1.62. The van der Waals surface area contributed by atoms with Crippen molar-refractivity contribution >= 4 is 34.9 Å². The van der Waals surface area contributed by atoms with Crippen LogP contribution in [-0.4, -0.2) is 33.9 Å². The number of rotatable bonds is 6. The van der Waals surface area contributed by atoms with Gasteiger partial charge in [0, 0.05) is 19.2 Å². The molecule has 1 fully saturated rings. The molecule has 5 nitrogen and oxygen atoms in total. The Morgan fingerprint density at radius 3 is 2.36 bits per heavy atom. The van der Waals surface area contributed by atoms with E-state index in [1.807, 2.05) is 30.3 Å². The lowest BCUT2D eigenvalue weighted by molar-refractivity contribution is -0.123. The van der Waals surface area contributed by atoms with E-state index in [2.05, 4.69) is 0 Å². The fourth-order valence-corrected chi connectivity index (χ4v) is 4.32. The molecule has 1 saturated heterocycles. The molecule has 33 heavy (non-hydrogen) atoms. The molecule has 0 unspecified atom stereocenters. The van der Waals surface area contributed by atoms with Crippen LogP contribution in [0.5, 0.6) is 0 Å². The number of hydrogen-bond donors (Lipinski definition) is 0. The first-order valence-corrected chi connectivity index (χ1v) is 11.1. The van der Waals surface area contributed by atoms with Gasteiger partial charge in [0.15, 0.2) is 0 Å². The number of hydrogen-bond acceptors (Lipinski definition) is 4. The molecule has 0 saturated carbocycles. The van der Waals surface area contributed by atoms with Gasteiger partial charge in [-0.15, -0.1) is 0 Å². The lowest BCUT2D eigenvalue weighted by Crippen LogP contribution is -2.27. The van der Waals surface area contributed by atoms with E-state index in [-0.39, 0.29) is 17.4 Å². The summed E-state index contributed by atoms with van der Waals surface area (Å²) in [5, 5.41) is -0.398. The highest BCUT2D eigenvalue weighted by Crippen LogP contribution is 2.33. The molecule has 0 spiro atoms.